The largest absolute Gasteiger partial charge is 0.443 e. The molecule has 2 rings (SSSR count). The number of imide groups is 2. The summed E-state index contributed by atoms with van der Waals surface area (Å²) in [7, 11) is 56.0. The van der Waals surface area contributed by atoms with Crippen LogP contribution in [0.2, 0.25) is 0 Å². The summed E-state index contributed by atoms with van der Waals surface area (Å²) in [5.74, 6) is -0.471. The summed E-state index contributed by atoms with van der Waals surface area (Å²) in [6, 6.07) is 0. The normalized spacial score (nSPS) is 11.9. The molecule has 2 aromatic heterocycles. The number of aliphatic hydroxyl groups excluding tert-OH is 1. The topological polar surface area (TPSA) is 261 Å². The third kappa shape index (κ3) is 35.0. The Bertz CT molecular complexity index is 2270. The van der Waals surface area contributed by atoms with Crippen LogP contribution in [0.5, 0.6) is 0 Å². The molecule has 0 saturated carbocycles. The third-order valence-electron chi connectivity index (χ3n) is 8.62. The van der Waals surface area contributed by atoms with Crippen molar-refractivity contribution in [2.24, 2.45) is 0 Å². The Labute approximate surface area is 487 Å². The number of hydrogen-bond donors (Lipinski definition) is 1. The number of carbonyl (C=O) groups excluding carboxylic acids is 4. The third-order valence-corrected chi connectivity index (χ3v) is 9.26. The highest BCUT2D eigenvalue weighted by molar-refractivity contribution is 8.18. The number of nitrogens with zero attached hydrogens (tertiary/aromatic N) is 6. The smallest absolute Gasteiger partial charge is 0.427 e. The molecule has 0 fully saturated rings. The van der Waals surface area contributed by atoms with Crippen LogP contribution in [0.3, 0.4) is 0 Å². The minimum absolute atomic E-state index is 0. The lowest BCUT2D eigenvalue weighted by Gasteiger charge is -2.41. The van der Waals surface area contributed by atoms with E-state index in [9.17, 15) is 41.1 Å². The summed E-state index contributed by atoms with van der Waals surface area (Å²) in [5.41, 5.74) is -2.56. The number of amides is 4. The van der Waals surface area contributed by atoms with E-state index in [2.05, 4.69) is 30.6 Å². The molecule has 397 valence electrons. The van der Waals surface area contributed by atoms with Gasteiger partial charge >= 0.3 is 24.4 Å². The lowest BCUT2D eigenvalue weighted by molar-refractivity contribution is 0.0404. The molecule has 0 aliphatic heterocycles. The quantitative estimate of drug-likeness (QED) is 0.118. The zero-order chi connectivity index (χ0) is 60.4. The molecule has 2 aromatic rings. The van der Waals surface area contributed by atoms with Gasteiger partial charge in [-0.15, -0.1) is 9.80 Å². The van der Waals surface area contributed by atoms with Gasteiger partial charge in [0.15, 0.2) is 0 Å². The number of rotatable bonds is 14. The summed E-state index contributed by atoms with van der Waals surface area (Å²) < 4.78 is 67.0. The van der Waals surface area contributed by atoms with Gasteiger partial charge < -0.3 is 24.1 Å². The molecule has 2 unspecified atom stereocenters. The van der Waals surface area contributed by atoms with Crippen molar-refractivity contribution in [3.05, 3.63) is 35.9 Å². The van der Waals surface area contributed by atoms with Crippen LogP contribution in [0.25, 0.3) is 0 Å². The average Bonchev–Trinajstić information content (AvgIpc) is 3.17. The van der Waals surface area contributed by atoms with Crippen LogP contribution >= 0.6 is 10.7 Å². The number of anilines is 2. The molecule has 42 heteroatoms. The van der Waals surface area contributed by atoms with Crippen LogP contribution in [0.4, 0.5) is 31.1 Å². The monoisotopic (exact) mass is 1110 g/mol. The van der Waals surface area contributed by atoms with E-state index in [1.807, 2.05) is 0 Å². The van der Waals surface area contributed by atoms with Crippen molar-refractivity contribution in [2.45, 2.75) is 146 Å². The van der Waals surface area contributed by atoms with Gasteiger partial charge in [0.2, 0.25) is 20.9 Å². The summed E-state index contributed by atoms with van der Waals surface area (Å²) >= 11 is 0. The Balaban J connectivity index is -0.000000505. The predicted octanol–water partition coefficient (Wildman–Crippen LogP) is 0.619. The molecule has 0 spiro atoms. The standard InChI is InChI=1S/C17H27N3O7S.C16H25N3O5.CH3ClO2S.2CH4.B19/c1-11(27-28(8,23)24)12-9-18-13(19-10-12)20(14(21)25-16(2,3)4)15(22)26-17(5,6)7;1-10(20)11-8-17-12(18-9-11)19(13(21)23-15(2,3)4)14(22)24-16(5,6)7;1-5(2,3)4;;;1-11-16(10)19(17(12(2)3)13(4)5)18(14(6)7)15(8)9/h9-11H,1-8H3;8-10,20H,1-7H3;1H3;2*1H4;. The molecule has 2 heterocycles. The van der Waals surface area contributed by atoms with Crippen molar-refractivity contribution in [1.29, 1.82) is 0 Å². The number of ether oxygens (including phenoxy) is 4. The van der Waals surface area contributed by atoms with Crippen molar-refractivity contribution < 1.29 is 64.3 Å². The Morgan fingerprint density at radius 1 is 0.551 bits per heavy atom. The summed E-state index contributed by atoms with van der Waals surface area (Å²) in [6.07, 6.45) is -4.23. The molecule has 0 aromatic carbocycles. The molecule has 0 aliphatic rings. The highest BCUT2D eigenvalue weighted by atomic mass is 35.7. The van der Waals surface area contributed by atoms with E-state index in [1.165, 1.54) is 38.8 Å². The van der Waals surface area contributed by atoms with Gasteiger partial charge in [0, 0.05) is 182 Å². The second kappa shape index (κ2) is 34.4. The number of aliphatic hydroxyl groups is 1. The number of carbonyl (C=O) groups is 4. The Kier molecular flexibility index (Phi) is 36.0. The van der Waals surface area contributed by atoms with Crippen LogP contribution in [-0.2, 0) is 42.3 Å². The first-order valence-electron chi connectivity index (χ1n) is 22.9. The maximum atomic E-state index is 12.5. The fraction of sp³-hybridized carbons (Fsp3) is 0.667. The molecular formula is C36H63B19ClN6O14S2. The molecule has 78 heavy (non-hydrogen) atoms. The number of aromatic nitrogens is 4. The lowest BCUT2D eigenvalue weighted by Crippen LogP contribution is -2.79. The minimum Gasteiger partial charge on any atom is -0.443 e. The molecular weight excluding hydrogens is 1050 g/mol. The van der Waals surface area contributed by atoms with Crippen LogP contribution in [0.1, 0.15) is 135 Å². The van der Waals surface area contributed by atoms with E-state index in [1.54, 1.807) is 90.0 Å². The highest BCUT2D eigenvalue weighted by Crippen LogP contribution is 2.23. The fourth-order valence-corrected chi connectivity index (χ4v) is 6.42. The predicted molar refractivity (Wildman–Crippen MR) is 332 cm³/mol. The van der Waals surface area contributed by atoms with Gasteiger partial charge in [-0.2, -0.15) is 8.42 Å². The van der Waals surface area contributed by atoms with E-state index < -0.39 is 129 Å². The van der Waals surface area contributed by atoms with Crippen molar-refractivity contribution in [1.82, 2.24) is 19.9 Å². The molecule has 4 amide bonds. The maximum absolute atomic E-state index is 12.5. The van der Waals surface area contributed by atoms with Gasteiger partial charge in [-0.3, -0.25) is 4.18 Å². The van der Waals surface area contributed by atoms with Crippen LogP contribution < -0.4 is 9.80 Å². The second-order valence-corrected chi connectivity index (χ2v) is 25.5. The van der Waals surface area contributed by atoms with Gasteiger partial charge in [0.05, 0.1) is 18.6 Å². The summed E-state index contributed by atoms with van der Waals surface area (Å²) in [6.45, 7) is 23.0. The van der Waals surface area contributed by atoms with Gasteiger partial charge in [-0.1, -0.05) is 14.9 Å². The Morgan fingerprint density at radius 3 is 0.962 bits per heavy atom. The SMILES string of the molecule is C.C.CC(O)c1cnc(N(C(=O)OC(C)(C)C)C(=O)OC(C)(C)C)nc1.CC(OS(C)(=O)=O)c1cnc(N(C(=O)OC(C)(C)C)C(=O)OC(C)(C)C)nc1.CS(=O)(=O)Cl.[B][B]B([B])B(B(B([B])[B])B([B])[B])B(B([B])[B])B([B])[B]. The molecule has 21 radical (unpaired) electrons. The van der Waals surface area contributed by atoms with E-state index in [-0.39, 0.29) is 26.7 Å². The van der Waals surface area contributed by atoms with E-state index >= 15 is 0 Å². The first-order chi connectivity index (χ1) is 33.9. The Hall–Kier alpha value is -3.02. The summed E-state index contributed by atoms with van der Waals surface area (Å²) in [5, 5.41) is 9.50. The average molecular weight is 1110 g/mol. The van der Waals surface area contributed by atoms with Crippen molar-refractivity contribution in [3.8, 4) is 0 Å². The Morgan fingerprint density at radius 2 is 0.782 bits per heavy atom. The molecule has 0 aliphatic carbocycles. The van der Waals surface area contributed by atoms with Crippen LogP contribution in [0, 0.1) is 0 Å². The summed E-state index contributed by atoms with van der Waals surface area (Å²) in [4.78, 5) is 66.8. The maximum Gasteiger partial charge on any atom is 0.427 e. The van der Waals surface area contributed by atoms with Gasteiger partial charge in [-0.05, 0) is 96.9 Å². The van der Waals surface area contributed by atoms with E-state index in [4.69, 9.17) is 101 Å². The van der Waals surface area contributed by atoms with E-state index in [0.29, 0.717) is 20.9 Å². The molecule has 0 bridgehead atoms. The number of hydrogen-bond acceptors (Lipinski definition) is 18. The zero-order valence-electron chi connectivity index (χ0n) is 46.1. The first-order valence-corrected chi connectivity index (χ1v) is 27.4. The zero-order valence-corrected chi connectivity index (χ0v) is 48.5. The van der Waals surface area contributed by atoms with Crippen LogP contribution in [0.15, 0.2) is 24.8 Å². The van der Waals surface area contributed by atoms with Gasteiger partial charge in [0.1, 0.15) is 28.5 Å². The van der Waals surface area contributed by atoms with Gasteiger partial charge in [0.25, 0.3) is 10.1 Å². The van der Waals surface area contributed by atoms with Crippen molar-refractivity contribution >= 4 is 202 Å². The lowest BCUT2D eigenvalue weighted by atomic mass is 8.40. The minimum atomic E-state index is -3.68. The highest BCUT2D eigenvalue weighted by Gasteiger charge is 2.43. The molecule has 2 atom stereocenters. The van der Waals surface area contributed by atoms with E-state index in [0.717, 1.165) is 12.5 Å². The molecule has 20 nitrogen and oxygen atoms in total. The molecule has 1 N–H and O–H groups in total. The first kappa shape index (κ1) is 81.5. The second-order valence-electron chi connectivity index (χ2n) is 20.8. The fourth-order valence-electron chi connectivity index (χ4n) is 5.78. The number of halogens is 1. The van der Waals surface area contributed by atoms with Crippen LogP contribution in [-0.4, -0.2) is 237 Å². The van der Waals surface area contributed by atoms with Crippen molar-refractivity contribution in [2.75, 3.05) is 22.3 Å². The molecule has 0 saturated heterocycles. The van der Waals surface area contributed by atoms with Gasteiger partial charge in [-0.25, -0.2) is 47.5 Å². The van der Waals surface area contributed by atoms with Crippen molar-refractivity contribution in [3.63, 3.8) is 0 Å².